The maximum absolute atomic E-state index is 13.0. The Morgan fingerprint density at radius 3 is 2.65 bits per heavy atom. The number of nitrogens with two attached hydrogens (primary N) is 1. The highest BCUT2D eigenvalue weighted by atomic mass is 16.2. The van der Waals surface area contributed by atoms with Crippen LogP contribution in [0.1, 0.15) is 63.5 Å². The fourth-order valence-corrected chi connectivity index (χ4v) is 4.96. The highest BCUT2D eigenvalue weighted by Gasteiger charge is 2.39. The van der Waals surface area contributed by atoms with E-state index in [-0.39, 0.29) is 24.1 Å². The van der Waals surface area contributed by atoms with E-state index in [4.69, 9.17) is 5.73 Å². The van der Waals surface area contributed by atoms with E-state index in [9.17, 15) is 14.4 Å². The van der Waals surface area contributed by atoms with Crippen LogP contribution in [0, 0.1) is 0 Å². The zero-order valence-electron chi connectivity index (χ0n) is 17.3. The van der Waals surface area contributed by atoms with Gasteiger partial charge in [-0.25, -0.2) is 0 Å². The summed E-state index contributed by atoms with van der Waals surface area (Å²) in [6.45, 7) is 1.64. The van der Waals surface area contributed by atoms with Crippen LogP contribution in [0.4, 0.5) is 0 Å². The number of piperidine rings is 1. The average Bonchev–Trinajstić information content (AvgIpc) is 3.32. The van der Waals surface area contributed by atoms with Crippen LogP contribution in [-0.2, 0) is 35.6 Å². The SMILES string of the molecule is NCc1ccc2c(c1)CCC2NCc1ccc2c(c1)C(=O)N(C1CCC(=O)NC1=O)C2. The van der Waals surface area contributed by atoms with Crippen LogP contribution in [0.15, 0.2) is 36.4 Å². The Morgan fingerprint density at radius 2 is 1.84 bits per heavy atom. The first kappa shape index (κ1) is 19.9. The van der Waals surface area contributed by atoms with Gasteiger partial charge in [-0.15, -0.1) is 0 Å². The third kappa shape index (κ3) is 3.64. The molecule has 31 heavy (non-hydrogen) atoms. The number of carbonyl (C=O) groups is 3. The second-order valence-electron chi connectivity index (χ2n) is 8.60. The number of hydrogen-bond acceptors (Lipinski definition) is 5. The highest BCUT2D eigenvalue weighted by Crippen LogP contribution is 2.32. The van der Waals surface area contributed by atoms with Gasteiger partial charge in [0.2, 0.25) is 11.8 Å². The molecule has 2 atom stereocenters. The Balaban J connectivity index is 1.27. The smallest absolute Gasteiger partial charge is 0.255 e. The van der Waals surface area contributed by atoms with Crippen molar-refractivity contribution >= 4 is 17.7 Å². The van der Waals surface area contributed by atoms with Crippen molar-refractivity contribution in [2.75, 3.05) is 0 Å². The normalized spacial score (nSPS) is 22.5. The minimum absolute atomic E-state index is 0.133. The van der Waals surface area contributed by atoms with Gasteiger partial charge in [-0.1, -0.05) is 30.3 Å². The summed E-state index contributed by atoms with van der Waals surface area (Å²) in [5, 5.41) is 5.97. The Hall–Kier alpha value is -3.03. The molecule has 3 aliphatic rings. The molecule has 3 amide bonds. The lowest BCUT2D eigenvalue weighted by atomic mass is 10.0. The van der Waals surface area contributed by atoms with Gasteiger partial charge in [0.05, 0.1) is 0 Å². The lowest BCUT2D eigenvalue weighted by molar-refractivity contribution is -0.136. The summed E-state index contributed by atoms with van der Waals surface area (Å²) in [5.74, 6) is -0.782. The number of imide groups is 1. The van der Waals surface area contributed by atoms with Gasteiger partial charge in [-0.05, 0) is 53.1 Å². The van der Waals surface area contributed by atoms with Crippen LogP contribution in [0.2, 0.25) is 0 Å². The number of aryl methyl sites for hydroxylation is 1. The number of rotatable bonds is 5. The number of benzene rings is 2. The van der Waals surface area contributed by atoms with Crippen molar-refractivity contribution in [3.63, 3.8) is 0 Å². The van der Waals surface area contributed by atoms with Crippen LogP contribution in [0.25, 0.3) is 0 Å². The Bertz CT molecular complexity index is 1080. The first-order chi connectivity index (χ1) is 15.0. The van der Waals surface area contributed by atoms with Gasteiger partial charge in [-0.3, -0.25) is 19.7 Å². The molecule has 2 heterocycles. The molecule has 0 radical (unpaired) electrons. The lowest BCUT2D eigenvalue weighted by Crippen LogP contribution is -2.52. The van der Waals surface area contributed by atoms with Crippen molar-refractivity contribution in [3.05, 3.63) is 69.8 Å². The van der Waals surface area contributed by atoms with Crippen LogP contribution in [0.3, 0.4) is 0 Å². The maximum atomic E-state index is 13.0. The van der Waals surface area contributed by atoms with Gasteiger partial charge in [-0.2, -0.15) is 0 Å². The van der Waals surface area contributed by atoms with Crippen LogP contribution < -0.4 is 16.4 Å². The predicted molar refractivity (Wildman–Crippen MR) is 115 cm³/mol. The molecule has 4 N–H and O–H groups in total. The molecular formula is C24H26N4O3. The molecule has 2 aromatic rings. The number of nitrogens with zero attached hydrogens (tertiary/aromatic N) is 1. The molecule has 1 fully saturated rings. The van der Waals surface area contributed by atoms with Gasteiger partial charge in [0.25, 0.3) is 5.91 Å². The average molecular weight is 418 g/mol. The first-order valence-corrected chi connectivity index (χ1v) is 10.8. The minimum Gasteiger partial charge on any atom is -0.326 e. The molecule has 2 unspecified atom stereocenters. The molecule has 1 aliphatic carbocycles. The summed E-state index contributed by atoms with van der Waals surface area (Å²) in [6.07, 6.45) is 2.74. The fraction of sp³-hybridized carbons (Fsp3) is 0.375. The fourth-order valence-electron chi connectivity index (χ4n) is 4.96. The number of hydrogen-bond donors (Lipinski definition) is 3. The van der Waals surface area contributed by atoms with Crippen LogP contribution in [-0.4, -0.2) is 28.7 Å². The molecule has 0 spiro atoms. The minimum atomic E-state index is -0.576. The van der Waals surface area contributed by atoms with Gasteiger partial charge >= 0.3 is 0 Å². The first-order valence-electron chi connectivity index (χ1n) is 10.8. The van der Waals surface area contributed by atoms with E-state index in [1.807, 2.05) is 18.2 Å². The Kier molecular flexibility index (Phi) is 5.08. The number of fused-ring (bicyclic) bond motifs is 2. The van der Waals surface area contributed by atoms with Crippen LogP contribution >= 0.6 is 0 Å². The quantitative estimate of drug-likeness (QED) is 0.641. The molecule has 1 saturated heterocycles. The molecule has 2 aliphatic heterocycles. The summed E-state index contributed by atoms with van der Waals surface area (Å²) in [6, 6.07) is 12.1. The molecule has 160 valence electrons. The topological polar surface area (TPSA) is 105 Å². The van der Waals surface area contributed by atoms with Gasteiger partial charge in [0.15, 0.2) is 0 Å². The Labute approximate surface area is 181 Å². The monoisotopic (exact) mass is 418 g/mol. The molecule has 0 aromatic heterocycles. The summed E-state index contributed by atoms with van der Waals surface area (Å²) in [7, 11) is 0. The van der Waals surface area contributed by atoms with Crippen molar-refractivity contribution in [3.8, 4) is 0 Å². The zero-order chi connectivity index (χ0) is 21.5. The second kappa shape index (κ2) is 7.90. The Morgan fingerprint density at radius 1 is 1.00 bits per heavy atom. The third-order valence-corrected chi connectivity index (χ3v) is 6.67. The molecule has 7 heteroatoms. The standard InChI is InChI=1S/C24H26N4O3/c25-11-14-2-5-18-16(9-14)4-6-20(18)26-12-15-1-3-17-13-28(24(31)19(17)10-15)21-7-8-22(29)27-23(21)30/h1-3,5,9-10,20-21,26H,4,6-8,11-13,25H2,(H,27,29,30). The molecule has 0 saturated carbocycles. The molecule has 7 nitrogen and oxygen atoms in total. The predicted octanol–water partition coefficient (Wildman–Crippen LogP) is 1.68. The molecule has 0 bridgehead atoms. The summed E-state index contributed by atoms with van der Waals surface area (Å²) in [4.78, 5) is 38.2. The van der Waals surface area contributed by atoms with Crippen molar-refractivity contribution < 1.29 is 14.4 Å². The van der Waals surface area contributed by atoms with E-state index in [1.54, 1.807) is 4.90 Å². The van der Waals surface area contributed by atoms with Crippen molar-refractivity contribution in [2.24, 2.45) is 5.73 Å². The van der Waals surface area contributed by atoms with Crippen molar-refractivity contribution in [1.82, 2.24) is 15.5 Å². The summed E-state index contributed by atoms with van der Waals surface area (Å²) >= 11 is 0. The lowest BCUT2D eigenvalue weighted by Gasteiger charge is -2.29. The van der Waals surface area contributed by atoms with Crippen LogP contribution in [0.5, 0.6) is 0 Å². The van der Waals surface area contributed by atoms with Gasteiger partial charge in [0, 0.05) is 37.7 Å². The summed E-state index contributed by atoms with van der Waals surface area (Å²) < 4.78 is 0. The van der Waals surface area contributed by atoms with Gasteiger partial charge < -0.3 is 16.0 Å². The summed E-state index contributed by atoms with van der Waals surface area (Å²) in [5.41, 5.74) is 12.2. The number of amides is 3. The zero-order valence-corrected chi connectivity index (χ0v) is 17.3. The number of carbonyl (C=O) groups excluding carboxylic acids is 3. The molecule has 2 aromatic carbocycles. The second-order valence-corrected chi connectivity index (χ2v) is 8.60. The van der Waals surface area contributed by atoms with E-state index in [0.29, 0.717) is 37.7 Å². The van der Waals surface area contributed by atoms with Crippen molar-refractivity contribution in [2.45, 2.75) is 57.4 Å². The van der Waals surface area contributed by atoms with E-state index in [2.05, 4.69) is 28.8 Å². The maximum Gasteiger partial charge on any atom is 0.255 e. The van der Waals surface area contributed by atoms with E-state index in [1.165, 1.54) is 11.1 Å². The molecule has 5 rings (SSSR count). The number of nitrogens with one attached hydrogen (secondary N) is 2. The van der Waals surface area contributed by atoms with E-state index >= 15 is 0 Å². The van der Waals surface area contributed by atoms with E-state index in [0.717, 1.165) is 29.5 Å². The van der Waals surface area contributed by atoms with Gasteiger partial charge in [0.1, 0.15) is 6.04 Å². The third-order valence-electron chi connectivity index (χ3n) is 6.67. The molecular weight excluding hydrogens is 392 g/mol. The highest BCUT2D eigenvalue weighted by molar-refractivity contribution is 6.05. The largest absolute Gasteiger partial charge is 0.326 e. The van der Waals surface area contributed by atoms with E-state index < -0.39 is 6.04 Å². The van der Waals surface area contributed by atoms with Crippen molar-refractivity contribution in [1.29, 1.82) is 0 Å².